The number of hydroxylamine groups is 2. The highest BCUT2D eigenvalue weighted by Crippen LogP contribution is 2.40. The molecule has 2 aliphatic rings. The molecule has 3 aromatic rings. The number of amides is 2. The molecule has 1 aliphatic carbocycles. The third-order valence-electron chi connectivity index (χ3n) is 11.6. The summed E-state index contributed by atoms with van der Waals surface area (Å²) in [5.41, 5.74) is 4.83. The summed E-state index contributed by atoms with van der Waals surface area (Å²) in [6, 6.07) is 20.8. The standard InChI is InChI=1S/C44H63N5O6/c1-27(2)31-18-17-28(3)38(23-31)47-44(53)41-40(29(4)51)39(26-50)55-49(41)25-32-15-12-16-37(42(32)54-8)33-20-34(22-36(21-33)48(6)7)43(52)46-35(24-45-5)19-30-13-10-9-11-14-30/h9-16,20-22,27-29,31,35,38-41,45,50-51H,17-19,23-26H2,1-8H3,(H,46,52)(H,47,53)/t28-,29-,31-,35-,38-,39-,40+,41-/m0/s1. The molecule has 2 amide bonds. The number of benzene rings is 3. The van der Waals surface area contributed by atoms with Crippen molar-refractivity contribution in [3.05, 3.63) is 83.4 Å². The van der Waals surface area contributed by atoms with E-state index in [0.29, 0.717) is 42.0 Å². The predicted octanol–water partition coefficient (Wildman–Crippen LogP) is 5.04. The molecule has 0 aromatic heterocycles. The number of likely N-dealkylation sites (N-methyl/N-ethyl adjacent to an activating group) is 1. The van der Waals surface area contributed by atoms with E-state index in [1.807, 2.05) is 80.6 Å². The van der Waals surface area contributed by atoms with Crippen LogP contribution in [0.4, 0.5) is 5.69 Å². The molecule has 0 spiro atoms. The average Bonchev–Trinajstić information content (AvgIpc) is 3.54. The van der Waals surface area contributed by atoms with Crippen LogP contribution in [0, 0.1) is 23.7 Å². The maximum absolute atomic E-state index is 14.3. The number of methoxy groups -OCH3 is 1. The maximum Gasteiger partial charge on any atom is 0.251 e. The summed E-state index contributed by atoms with van der Waals surface area (Å²) in [6.45, 7) is 8.75. The van der Waals surface area contributed by atoms with Crippen LogP contribution in [0.15, 0.2) is 66.7 Å². The Hall–Kier alpha value is -4.00. The topological polar surface area (TPSA) is 136 Å². The van der Waals surface area contributed by atoms with Gasteiger partial charge in [0.25, 0.3) is 5.91 Å². The molecule has 0 bridgehead atoms. The Bertz CT molecular complexity index is 1720. The number of anilines is 1. The van der Waals surface area contributed by atoms with Crippen LogP contribution in [0.3, 0.4) is 0 Å². The monoisotopic (exact) mass is 757 g/mol. The Morgan fingerprint density at radius 1 is 1.04 bits per heavy atom. The summed E-state index contributed by atoms with van der Waals surface area (Å²) in [5, 5.41) is 32.7. The number of aliphatic hydroxyl groups excluding tert-OH is 2. The van der Waals surface area contributed by atoms with Gasteiger partial charge in [-0.1, -0.05) is 69.3 Å². The van der Waals surface area contributed by atoms with E-state index in [2.05, 4.69) is 48.9 Å². The minimum atomic E-state index is -0.905. The van der Waals surface area contributed by atoms with E-state index >= 15 is 0 Å². The molecule has 0 radical (unpaired) electrons. The average molecular weight is 758 g/mol. The van der Waals surface area contributed by atoms with Gasteiger partial charge in [0, 0.05) is 61.0 Å². The fourth-order valence-corrected chi connectivity index (χ4v) is 8.39. The lowest BCUT2D eigenvalue weighted by Crippen LogP contribution is -2.53. The lowest BCUT2D eigenvalue weighted by molar-refractivity contribution is -0.182. The molecule has 2 fully saturated rings. The van der Waals surface area contributed by atoms with E-state index in [1.54, 1.807) is 19.1 Å². The van der Waals surface area contributed by atoms with Gasteiger partial charge in [0.05, 0.1) is 26.4 Å². The van der Waals surface area contributed by atoms with Gasteiger partial charge in [0.2, 0.25) is 5.91 Å². The van der Waals surface area contributed by atoms with Crippen molar-refractivity contribution >= 4 is 17.5 Å². The second-order valence-electron chi connectivity index (χ2n) is 16.2. The molecule has 300 valence electrons. The number of carbonyl (C=O) groups is 2. The zero-order valence-corrected chi connectivity index (χ0v) is 33.9. The van der Waals surface area contributed by atoms with Crippen molar-refractivity contribution in [3.63, 3.8) is 0 Å². The lowest BCUT2D eigenvalue weighted by Gasteiger charge is -2.38. The molecule has 55 heavy (non-hydrogen) atoms. The Morgan fingerprint density at radius 3 is 2.42 bits per heavy atom. The molecule has 8 atom stereocenters. The first-order valence-corrected chi connectivity index (χ1v) is 19.9. The van der Waals surface area contributed by atoms with Crippen molar-refractivity contribution in [1.29, 1.82) is 0 Å². The Labute approximate surface area is 327 Å². The number of hydrogen-bond donors (Lipinski definition) is 5. The minimum Gasteiger partial charge on any atom is -0.496 e. The van der Waals surface area contributed by atoms with Crippen LogP contribution < -0.4 is 25.6 Å². The Morgan fingerprint density at radius 2 is 1.78 bits per heavy atom. The summed E-state index contributed by atoms with van der Waals surface area (Å²) in [4.78, 5) is 36.4. The van der Waals surface area contributed by atoms with E-state index < -0.39 is 24.2 Å². The van der Waals surface area contributed by atoms with Crippen molar-refractivity contribution in [3.8, 4) is 16.9 Å². The first-order chi connectivity index (χ1) is 26.3. The summed E-state index contributed by atoms with van der Waals surface area (Å²) in [7, 11) is 7.37. The van der Waals surface area contributed by atoms with Crippen molar-refractivity contribution in [2.24, 2.45) is 23.7 Å². The van der Waals surface area contributed by atoms with E-state index in [0.717, 1.165) is 47.2 Å². The number of ether oxygens (including phenoxy) is 1. The highest BCUT2D eigenvalue weighted by molar-refractivity contribution is 5.97. The van der Waals surface area contributed by atoms with Gasteiger partial charge in [-0.05, 0) is 86.7 Å². The highest BCUT2D eigenvalue weighted by Gasteiger charge is 2.50. The quantitative estimate of drug-likeness (QED) is 0.136. The lowest BCUT2D eigenvalue weighted by atomic mass is 9.74. The fraction of sp³-hybridized carbons (Fsp3) is 0.545. The van der Waals surface area contributed by atoms with Crippen LogP contribution in [-0.4, -0.2) is 98.8 Å². The Balaban J connectivity index is 1.45. The number of para-hydroxylation sites is 1. The molecule has 5 N–H and O–H groups in total. The van der Waals surface area contributed by atoms with E-state index in [9.17, 15) is 19.8 Å². The first kappa shape index (κ1) is 42.1. The number of nitrogens with zero attached hydrogens (tertiary/aromatic N) is 2. The third kappa shape index (κ3) is 10.3. The zero-order chi connectivity index (χ0) is 39.8. The molecular formula is C44H63N5O6. The van der Waals surface area contributed by atoms with Crippen LogP contribution in [-0.2, 0) is 22.6 Å². The fourth-order valence-electron chi connectivity index (χ4n) is 8.39. The SMILES string of the molecule is CNC[C@H](Cc1ccccc1)NC(=O)c1cc(-c2cccc(CN3O[C@@H](CO)[C@@H]([C@H](C)O)[C@H]3C(=O)N[C@H]3C[C@@H](C(C)C)CC[C@@H]3C)c2OC)cc(N(C)C)c1. The van der Waals surface area contributed by atoms with Gasteiger partial charge in [-0.25, -0.2) is 0 Å². The molecule has 1 heterocycles. The molecule has 11 heteroatoms. The smallest absolute Gasteiger partial charge is 0.251 e. The van der Waals surface area contributed by atoms with E-state index in [-0.39, 0.29) is 37.0 Å². The van der Waals surface area contributed by atoms with E-state index in [4.69, 9.17) is 9.57 Å². The Kier molecular flexibility index (Phi) is 14.7. The second kappa shape index (κ2) is 19.2. The van der Waals surface area contributed by atoms with Gasteiger partial charge in [-0.3, -0.25) is 14.4 Å². The molecule has 11 nitrogen and oxygen atoms in total. The predicted molar refractivity (Wildman–Crippen MR) is 218 cm³/mol. The van der Waals surface area contributed by atoms with Gasteiger partial charge in [0.15, 0.2) is 0 Å². The number of hydrogen-bond acceptors (Lipinski definition) is 9. The summed E-state index contributed by atoms with van der Waals surface area (Å²) >= 11 is 0. The summed E-state index contributed by atoms with van der Waals surface area (Å²) in [5.74, 6) is 0.924. The van der Waals surface area contributed by atoms with Crippen molar-refractivity contribution < 1.29 is 29.4 Å². The number of carbonyl (C=O) groups excluding carboxylic acids is 2. The summed E-state index contributed by atoms with van der Waals surface area (Å²) in [6.07, 6.45) is 2.13. The zero-order valence-electron chi connectivity index (χ0n) is 33.9. The van der Waals surface area contributed by atoms with Gasteiger partial charge in [-0.15, -0.1) is 0 Å². The molecule has 0 unspecified atom stereocenters. The number of nitrogens with one attached hydrogen (secondary N) is 3. The third-order valence-corrected chi connectivity index (χ3v) is 11.6. The summed E-state index contributed by atoms with van der Waals surface area (Å²) < 4.78 is 6.09. The highest BCUT2D eigenvalue weighted by atomic mass is 16.7. The van der Waals surface area contributed by atoms with Crippen molar-refractivity contribution in [2.75, 3.05) is 46.3 Å². The molecule has 3 aromatic carbocycles. The molecule has 1 saturated heterocycles. The molecular weight excluding hydrogens is 695 g/mol. The van der Waals surface area contributed by atoms with Crippen molar-refractivity contribution in [2.45, 2.75) is 90.3 Å². The largest absolute Gasteiger partial charge is 0.496 e. The van der Waals surface area contributed by atoms with Crippen LogP contribution >= 0.6 is 0 Å². The van der Waals surface area contributed by atoms with Crippen LogP contribution in [0.1, 0.15) is 68.4 Å². The number of rotatable bonds is 16. The van der Waals surface area contributed by atoms with Gasteiger partial charge in [0.1, 0.15) is 17.9 Å². The maximum atomic E-state index is 14.3. The van der Waals surface area contributed by atoms with Crippen LogP contribution in [0.2, 0.25) is 0 Å². The normalized spacial score (nSPS) is 24.0. The van der Waals surface area contributed by atoms with Crippen LogP contribution in [0.25, 0.3) is 11.1 Å². The number of aliphatic hydroxyl groups is 2. The van der Waals surface area contributed by atoms with Gasteiger partial charge < -0.3 is 35.8 Å². The van der Waals surface area contributed by atoms with Gasteiger partial charge >= 0.3 is 0 Å². The minimum absolute atomic E-state index is 0.0124. The van der Waals surface area contributed by atoms with Gasteiger partial charge in [-0.2, -0.15) is 5.06 Å². The molecule has 1 aliphatic heterocycles. The van der Waals surface area contributed by atoms with Crippen molar-refractivity contribution in [1.82, 2.24) is 21.0 Å². The molecule has 1 saturated carbocycles. The second-order valence-corrected chi connectivity index (χ2v) is 16.2. The van der Waals surface area contributed by atoms with Crippen LogP contribution in [0.5, 0.6) is 5.75 Å². The van der Waals surface area contributed by atoms with E-state index in [1.165, 1.54) is 0 Å². The first-order valence-electron chi connectivity index (χ1n) is 19.9. The molecule has 5 rings (SSSR count).